The molecule has 0 radical (unpaired) electrons. The van der Waals surface area contributed by atoms with Crippen molar-refractivity contribution in [2.45, 2.75) is 0 Å². The number of hydrogen-bond acceptors (Lipinski definition) is 4. The lowest BCUT2D eigenvalue weighted by Gasteiger charge is -2.04. The first-order valence-corrected chi connectivity index (χ1v) is 6.12. The Labute approximate surface area is 115 Å². The Morgan fingerprint density at radius 2 is 1.72 bits per heavy atom. The first-order chi connectivity index (χ1) is 8.25. The van der Waals surface area contributed by atoms with E-state index in [1.54, 1.807) is 17.4 Å². The third kappa shape index (κ3) is 2.00. The van der Waals surface area contributed by atoms with Gasteiger partial charge in [0.2, 0.25) is 0 Å². The minimum Gasteiger partial charge on any atom is -0.384 e. The van der Waals surface area contributed by atoms with Gasteiger partial charge in [-0.2, -0.15) is 0 Å². The third-order valence-corrected chi connectivity index (χ3v) is 3.68. The summed E-state index contributed by atoms with van der Waals surface area (Å²) < 4.78 is 1.25. The van der Waals surface area contributed by atoms with Crippen molar-refractivity contribution in [2.24, 2.45) is 0 Å². The molecule has 0 aliphatic rings. The van der Waals surface area contributed by atoms with Crippen LogP contribution in [0.5, 0.6) is 0 Å². The Bertz CT molecular complexity index is 694. The van der Waals surface area contributed by atoms with Crippen LogP contribution in [0, 0.1) is 0 Å². The number of halogens is 1. The molecule has 0 amide bonds. The van der Waals surface area contributed by atoms with E-state index in [-0.39, 0.29) is 12.4 Å². The van der Waals surface area contributed by atoms with Gasteiger partial charge in [-0.3, -0.25) is 0 Å². The number of rotatable bonds is 1. The number of nitrogens with zero attached hydrogens (tertiary/aromatic N) is 1. The summed E-state index contributed by atoms with van der Waals surface area (Å²) in [5, 5.41) is 3.31. The summed E-state index contributed by atoms with van der Waals surface area (Å²) in [6.07, 6.45) is 0. The number of thiophene rings is 1. The van der Waals surface area contributed by atoms with E-state index < -0.39 is 0 Å². The first kappa shape index (κ1) is 12.7. The predicted molar refractivity (Wildman–Crippen MR) is 81.1 cm³/mol. The Morgan fingerprint density at radius 1 is 0.944 bits per heavy atom. The molecule has 5 heteroatoms. The standard InChI is InChI=1S/C13H11N3S.ClH/c14-12-6-5-9(13(15)16-12)10-7-17-11-4-2-1-3-8(10)11;/h1-7H,(H4,14,15,16);1H. The summed E-state index contributed by atoms with van der Waals surface area (Å²) in [4.78, 5) is 4.10. The van der Waals surface area contributed by atoms with Crippen molar-refractivity contribution in [1.29, 1.82) is 0 Å². The van der Waals surface area contributed by atoms with Crippen LogP contribution in [0.25, 0.3) is 21.2 Å². The number of anilines is 2. The molecule has 3 aromatic rings. The number of nitrogens with two attached hydrogens (primary N) is 2. The van der Waals surface area contributed by atoms with Crippen molar-refractivity contribution in [1.82, 2.24) is 4.98 Å². The summed E-state index contributed by atoms with van der Waals surface area (Å²) in [5.41, 5.74) is 13.6. The SMILES string of the molecule is Cl.Nc1ccc(-c2csc3ccccc23)c(N)n1. The van der Waals surface area contributed by atoms with E-state index in [1.165, 1.54) is 10.1 Å². The number of aromatic nitrogens is 1. The molecular formula is C13H12ClN3S. The van der Waals surface area contributed by atoms with E-state index in [9.17, 15) is 0 Å². The van der Waals surface area contributed by atoms with E-state index in [0.717, 1.165) is 11.1 Å². The third-order valence-electron chi connectivity index (χ3n) is 2.72. The largest absolute Gasteiger partial charge is 0.384 e. The summed E-state index contributed by atoms with van der Waals surface area (Å²) in [7, 11) is 0. The van der Waals surface area contributed by atoms with E-state index in [4.69, 9.17) is 11.5 Å². The van der Waals surface area contributed by atoms with Gasteiger partial charge in [-0.1, -0.05) is 18.2 Å². The molecule has 18 heavy (non-hydrogen) atoms. The van der Waals surface area contributed by atoms with E-state index in [2.05, 4.69) is 22.5 Å². The smallest absolute Gasteiger partial charge is 0.133 e. The van der Waals surface area contributed by atoms with E-state index >= 15 is 0 Å². The Balaban J connectivity index is 0.00000120. The van der Waals surface area contributed by atoms with Crippen LogP contribution < -0.4 is 11.5 Å². The molecule has 0 atom stereocenters. The van der Waals surface area contributed by atoms with Crippen molar-refractivity contribution >= 4 is 45.5 Å². The molecule has 92 valence electrons. The molecule has 0 aliphatic heterocycles. The summed E-state index contributed by atoms with van der Waals surface area (Å²) in [6, 6.07) is 12.0. The van der Waals surface area contributed by atoms with Crippen LogP contribution in [0.15, 0.2) is 41.8 Å². The molecule has 0 saturated carbocycles. The van der Waals surface area contributed by atoms with Gasteiger partial charge in [0.25, 0.3) is 0 Å². The number of pyridine rings is 1. The molecule has 0 fully saturated rings. The van der Waals surface area contributed by atoms with Gasteiger partial charge in [-0.25, -0.2) is 4.98 Å². The van der Waals surface area contributed by atoms with Gasteiger partial charge < -0.3 is 11.5 Å². The highest BCUT2D eigenvalue weighted by atomic mass is 35.5. The van der Waals surface area contributed by atoms with Gasteiger partial charge in [0.15, 0.2) is 0 Å². The highest BCUT2D eigenvalue weighted by molar-refractivity contribution is 7.17. The van der Waals surface area contributed by atoms with Crippen LogP contribution in [0.3, 0.4) is 0 Å². The quantitative estimate of drug-likeness (QED) is 0.715. The van der Waals surface area contributed by atoms with Crippen molar-refractivity contribution < 1.29 is 0 Å². The zero-order valence-electron chi connectivity index (χ0n) is 9.46. The van der Waals surface area contributed by atoms with Gasteiger partial charge in [0.1, 0.15) is 11.6 Å². The zero-order valence-corrected chi connectivity index (χ0v) is 11.1. The van der Waals surface area contributed by atoms with Crippen LogP contribution in [0.1, 0.15) is 0 Å². The van der Waals surface area contributed by atoms with Gasteiger partial charge in [-0.15, -0.1) is 23.7 Å². The number of fused-ring (bicyclic) bond motifs is 1. The van der Waals surface area contributed by atoms with E-state index in [0.29, 0.717) is 11.6 Å². The number of nitrogen functional groups attached to an aromatic ring is 2. The molecule has 0 saturated heterocycles. The number of benzene rings is 1. The van der Waals surface area contributed by atoms with Crippen molar-refractivity contribution in [3.05, 3.63) is 41.8 Å². The maximum atomic E-state index is 5.92. The molecule has 3 nitrogen and oxygen atoms in total. The second-order valence-electron chi connectivity index (χ2n) is 3.81. The highest BCUT2D eigenvalue weighted by Gasteiger charge is 2.09. The minimum atomic E-state index is 0. The fraction of sp³-hybridized carbons (Fsp3) is 0. The minimum absolute atomic E-state index is 0. The summed E-state index contributed by atoms with van der Waals surface area (Å²) in [6.45, 7) is 0. The van der Waals surface area contributed by atoms with Crippen LogP contribution in [-0.4, -0.2) is 4.98 Å². The second-order valence-corrected chi connectivity index (χ2v) is 4.73. The van der Waals surface area contributed by atoms with Gasteiger partial charge in [-0.05, 0) is 23.6 Å². The lowest BCUT2D eigenvalue weighted by Crippen LogP contribution is -1.97. The van der Waals surface area contributed by atoms with Crippen LogP contribution in [0.4, 0.5) is 11.6 Å². The molecule has 0 bridgehead atoms. The maximum Gasteiger partial charge on any atom is 0.133 e. The molecule has 3 rings (SSSR count). The molecule has 0 spiro atoms. The zero-order chi connectivity index (χ0) is 11.8. The van der Waals surface area contributed by atoms with Crippen LogP contribution >= 0.6 is 23.7 Å². The maximum absolute atomic E-state index is 5.92. The highest BCUT2D eigenvalue weighted by Crippen LogP contribution is 2.36. The van der Waals surface area contributed by atoms with Crippen molar-refractivity contribution in [2.75, 3.05) is 11.5 Å². The Hall–Kier alpha value is -1.78. The average Bonchev–Trinajstić information content (AvgIpc) is 2.73. The normalized spacial score (nSPS) is 10.2. The predicted octanol–water partition coefficient (Wildman–Crippen LogP) is 3.55. The lowest BCUT2D eigenvalue weighted by atomic mass is 10.1. The van der Waals surface area contributed by atoms with Crippen molar-refractivity contribution in [3.8, 4) is 11.1 Å². The molecule has 4 N–H and O–H groups in total. The second kappa shape index (κ2) is 4.84. The average molecular weight is 278 g/mol. The number of hydrogen-bond donors (Lipinski definition) is 2. The summed E-state index contributed by atoms with van der Waals surface area (Å²) >= 11 is 1.71. The molecule has 2 heterocycles. The van der Waals surface area contributed by atoms with E-state index in [1.807, 2.05) is 18.2 Å². The van der Waals surface area contributed by atoms with Gasteiger partial charge >= 0.3 is 0 Å². The lowest BCUT2D eigenvalue weighted by molar-refractivity contribution is 1.35. The Morgan fingerprint density at radius 3 is 2.50 bits per heavy atom. The van der Waals surface area contributed by atoms with Gasteiger partial charge in [0, 0.05) is 21.2 Å². The van der Waals surface area contributed by atoms with Crippen LogP contribution in [-0.2, 0) is 0 Å². The Kier molecular flexibility index (Phi) is 3.41. The molecule has 0 aliphatic carbocycles. The molecular weight excluding hydrogens is 266 g/mol. The molecule has 0 unspecified atom stereocenters. The molecule has 1 aromatic carbocycles. The van der Waals surface area contributed by atoms with Crippen molar-refractivity contribution in [3.63, 3.8) is 0 Å². The fourth-order valence-corrected chi connectivity index (χ4v) is 2.87. The summed E-state index contributed by atoms with van der Waals surface area (Å²) in [5.74, 6) is 0.930. The monoisotopic (exact) mass is 277 g/mol. The topological polar surface area (TPSA) is 64.9 Å². The van der Waals surface area contributed by atoms with Crippen LogP contribution in [0.2, 0.25) is 0 Å². The van der Waals surface area contributed by atoms with Gasteiger partial charge in [0.05, 0.1) is 0 Å². The molecule has 2 aromatic heterocycles. The first-order valence-electron chi connectivity index (χ1n) is 5.24. The fourth-order valence-electron chi connectivity index (χ4n) is 1.90.